The van der Waals surface area contributed by atoms with Gasteiger partial charge in [0.15, 0.2) is 0 Å². The molecular weight excluding hydrogens is 352 g/mol. The number of carbonyl (C=O) groups is 1. The molecule has 1 aromatic carbocycles. The van der Waals surface area contributed by atoms with Crippen LogP contribution < -0.4 is 5.73 Å². The molecule has 1 amide bonds. The van der Waals surface area contributed by atoms with Gasteiger partial charge in [0.1, 0.15) is 5.60 Å². The van der Waals surface area contributed by atoms with Gasteiger partial charge in [-0.3, -0.25) is 0 Å². The Balaban J connectivity index is 1.94. The van der Waals surface area contributed by atoms with E-state index < -0.39 is 5.60 Å². The molecule has 0 aliphatic carbocycles. The number of benzene rings is 1. The molecule has 1 aliphatic heterocycles. The molecule has 1 aromatic heterocycles. The molecule has 0 saturated carbocycles. The van der Waals surface area contributed by atoms with E-state index in [0.717, 1.165) is 35.9 Å². The van der Waals surface area contributed by atoms with Crippen molar-refractivity contribution < 1.29 is 9.53 Å². The number of nitrogens with zero attached hydrogens (tertiary/aromatic N) is 3. The van der Waals surface area contributed by atoms with Crippen LogP contribution in [0.2, 0.25) is 5.02 Å². The Kier molecular flexibility index (Phi) is 5.06. The summed E-state index contributed by atoms with van der Waals surface area (Å²) in [5.74, 6) is 0.434. The quantitative estimate of drug-likeness (QED) is 0.790. The molecule has 2 N–H and O–H groups in total. The van der Waals surface area contributed by atoms with Crippen LogP contribution in [-0.4, -0.2) is 39.2 Å². The summed E-state index contributed by atoms with van der Waals surface area (Å²) in [6.07, 6.45) is 2.58. The summed E-state index contributed by atoms with van der Waals surface area (Å²) < 4.78 is 7.55. The summed E-state index contributed by atoms with van der Waals surface area (Å²) in [5.41, 5.74) is 8.40. The molecule has 142 valence electrons. The first-order chi connectivity index (χ1) is 12.2. The molecule has 2 aromatic rings. The topological polar surface area (TPSA) is 73.4 Å². The fourth-order valence-electron chi connectivity index (χ4n) is 3.52. The number of fused-ring (bicyclic) bond motifs is 1. The van der Waals surface area contributed by atoms with Crippen LogP contribution in [0.15, 0.2) is 12.1 Å². The fourth-order valence-corrected chi connectivity index (χ4v) is 3.88. The zero-order valence-electron chi connectivity index (χ0n) is 15.9. The highest BCUT2D eigenvalue weighted by Gasteiger charge is 2.29. The van der Waals surface area contributed by atoms with E-state index in [1.54, 1.807) is 4.90 Å². The Labute approximate surface area is 159 Å². The minimum Gasteiger partial charge on any atom is -0.444 e. The van der Waals surface area contributed by atoms with Crippen molar-refractivity contribution in [3.05, 3.63) is 22.7 Å². The molecule has 26 heavy (non-hydrogen) atoms. The van der Waals surface area contributed by atoms with Gasteiger partial charge in [-0.15, -0.1) is 0 Å². The van der Waals surface area contributed by atoms with E-state index in [0.29, 0.717) is 24.1 Å². The normalized spacial score (nSPS) is 18.8. The number of amides is 1. The average Bonchev–Trinajstić information content (AvgIpc) is 2.68. The van der Waals surface area contributed by atoms with Gasteiger partial charge in [0, 0.05) is 13.1 Å². The number of aromatic nitrogens is 2. The van der Waals surface area contributed by atoms with E-state index in [-0.39, 0.29) is 12.1 Å². The van der Waals surface area contributed by atoms with Gasteiger partial charge in [0.25, 0.3) is 0 Å². The van der Waals surface area contributed by atoms with Crippen molar-refractivity contribution in [1.29, 1.82) is 0 Å². The van der Waals surface area contributed by atoms with Crippen molar-refractivity contribution in [3.8, 4) is 0 Å². The maximum Gasteiger partial charge on any atom is 0.410 e. The van der Waals surface area contributed by atoms with Gasteiger partial charge < -0.3 is 19.9 Å². The van der Waals surface area contributed by atoms with Crippen molar-refractivity contribution in [2.24, 2.45) is 0 Å². The highest BCUT2D eigenvalue weighted by molar-refractivity contribution is 6.35. The van der Waals surface area contributed by atoms with Crippen LogP contribution in [0.4, 0.5) is 10.7 Å². The number of rotatable bonds is 1. The van der Waals surface area contributed by atoms with Crippen LogP contribution in [0.25, 0.3) is 11.0 Å². The van der Waals surface area contributed by atoms with Gasteiger partial charge in [-0.05, 0) is 64.7 Å². The second-order valence-corrected chi connectivity index (χ2v) is 8.44. The van der Waals surface area contributed by atoms with Gasteiger partial charge in [-0.1, -0.05) is 11.6 Å². The number of hydrogen-bond acceptors (Lipinski definition) is 4. The summed E-state index contributed by atoms with van der Waals surface area (Å²) in [4.78, 5) is 18.8. The predicted octanol–water partition coefficient (Wildman–Crippen LogP) is 4.54. The Hall–Kier alpha value is -1.95. The second kappa shape index (κ2) is 6.99. The number of imidazole rings is 1. The summed E-state index contributed by atoms with van der Waals surface area (Å²) >= 11 is 6.51. The van der Waals surface area contributed by atoms with E-state index in [1.165, 1.54) is 0 Å². The Bertz CT molecular complexity index is 825. The van der Waals surface area contributed by atoms with E-state index >= 15 is 0 Å². The molecule has 7 heteroatoms. The van der Waals surface area contributed by atoms with E-state index in [9.17, 15) is 4.79 Å². The summed E-state index contributed by atoms with van der Waals surface area (Å²) in [6, 6.07) is 3.93. The largest absolute Gasteiger partial charge is 0.444 e. The standard InChI is InChI=1S/C19H27ClN4O2/c1-12-9-14(20)16-15(10-12)22-17(21)24(16)13-7-5-6-8-23(11-13)18(25)26-19(2,3)4/h9-10,13H,5-8,11H2,1-4H3,(H2,21,22)/t13-/m1/s1. The van der Waals surface area contributed by atoms with Crippen molar-refractivity contribution in [3.63, 3.8) is 0 Å². The van der Waals surface area contributed by atoms with Crippen LogP contribution in [-0.2, 0) is 4.74 Å². The molecule has 6 nitrogen and oxygen atoms in total. The number of carbonyl (C=O) groups excluding carboxylic acids is 1. The second-order valence-electron chi connectivity index (χ2n) is 8.03. The van der Waals surface area contributed by atoms with Gasteiger partial charge >= 0.3 is 6.09 Å². The summed E-state index contributed by atoms with van der Waals surface area (Å²) in [5, 5.41) is 0.636. The molecule has 1 aliphatic rings. The van der Waals surface area contributed by atoms with Crippen molar-refractivity contribution in [2.75, 3.05) is 18.8 Å². The lowest BCUT2D eigenvalue weighted by Gasteiger charge is -2.29. The van der Waals surface area contributed by atoms with Gasteiger partial charge in [-0.25, -0.2) is 9.78 Å². The molecule has 2 heterocycles. The molecule has 0 radical (unpaired) electrons. The number of aryl methyl sites for hydroxylation is 1. The fraction of sp³-hybridized carbons (Fsp3) is 0.579. The Morgan fingerprint density at radius 2 is 2.08 bits per heavy atom. The molecule has 1 fully saturated rings. The Morgan fingerprint density at radius 1 is 1.35 bits per heavy atom. The third kappa shape index (κ3) is 3.90. The number of ether oxygens (including phenoxy) is 1. The number of anilines is 1. The molecule has 0 spiro atoms. The third-order valence-electron chi connectivity index (χ3n) is 4.57. The number of nitrogens with two attached hydrogens (primary N) is 1. The van der Waals surface area contributed by atoms with Crippen molar-refractivity contribution in [2.45, 2.75) is 58.6 Å². The van der Waals surface area contributed by atoms with Crippen LogP contribution in [0.1, 0.15) is 51.6 Å². The summed E-state index contributed by atoms with van der Waals surface area (Å²) in [6.45, 7) is 8.84. The zero-order chi connectivity index (χ0) is 19.1. The van der Waals surface area contributed by atoms with Gasteiger partial charge in [0.2, 0.25) is 5.95 Å². The van der Waals surface area contributed by atoms with E-state index in [1.807, 2.05) is 44.4 Å². The number of halogens is 1. The molecule has 3 rings (SSSR count). The number of nitrogen functional groups attached to an aromatic ring is 1. The molecular formula is C19H27ClN4O2. The third-order valence-corrected chi connectivity index (χ3v) is 4.86. The van der Waals surface area contributed by atoms with Gasteiger partial charge in [-0.2, -0.15) is 0 Å². The van der Waals surface area contributed by atoms with E-state index in [4.69, 9.17) is 22.1 Å². The highest BCUT2D eigenvalue weighted by Crippen LogP contribution is 2.33. The monoisotopic (exact) mass is 378 g/mol. The van der Waals surface area contributed by atoms with Gasteiger partial charge in [0.05, 0.1) is 22.1 Å². The minimum atomic E-state index is -0.513. The Morgan fingerprint density at radius 3 is 2.77 bits per heavy atom. The van der Waals surface area contributed by atoms with Crippen LogP contribution in [0.3, 0.4) is 0 Å². The summed E-state index contributed by atoms with van der Waals surface area (Å²) in [7, 11) is 0. The number of hydrogen-bond donors (Lipinski definition) is 1. The van der Waals surface area contributed by atoms with Crippen LogP contribution in [0, 0.1) is 6.92 Å². The molecule has 1 atom stereocenters. The SMILES string of the molecule is Cc1cc(Cl)c2c(c1)nc(N)n2[C@@H]1CCCCN(C(=O)OC(C)(C)C)C1. The first-order valence-electron chi connectivity index (χ1n) is 9.07. The van der Waals surface area contributed by atoms with Crippen molar-refractivity contribution in [1.82, 2.24) is 14.5 Å². The lowest BCUT2D eigenvalue weighted by atomic mass is 10.1. The number of likely N-dealkylation sites (tertiary alicyclic amines) is 1. The van der Waals surface area contributed by atoms with Crippen LogP contribution >= 0.6 is 11.6 Å². The zero-order valence-corrected chi connectivity index (χ0v) is 16.6. The molecule has 0 unspecified atom stereocenters. The van der Waals surface area contributed by atoms with Crippen LogP contribution in [0.5, 0.6) is 0 Å². The maximum atomic E-state index is 12.6. The minimum absolute atomic E-state index is 0.0234. The van der Waals surface area contributed by atoms with Crippen molar-refractivity contribution >= 4 is 34.7 Å². The lowest BCUT2D eigenvalue weighted by Crippen LogP contribution is -2.39. The predicted molar refractivity (Wildman–Crippen MR) is 105 cm³/mol. The first-order valence-corrected chi connectivity index (χ1v) is 9.45. The lowest BCUT2D eigenvalue weighted by molar-refractivity contribution is 0.0238. The average molecular weight is 379 g/mol. The maximum absolute atomic E-state index is 12.6. The first kappa shape index (κ1) is 18.8. The smallest absolute Gasteiger partial charge is 0.410 e. The highest BCUT2D eigenvalue weighted by atomic mass is 35.5. The molecule has 0 bridgehead atoms. The van der Waals surface area contributed by atoms with E-state index in [2.05, 4.69) is 4.98 Å². The molecule has 1 saturated heterocycles.